The van der Waals surface area contributed by atoms with Crippen LogP contribution in [-0.4, -0.2) is 30.5 Å². The van der Waals surface area contributed by atoms with Crippen molar-refractivity contribution in [3.8, 4) is 0 Å². The summed E-state index contributed by atoms with van der Waals surface area (Å²) in [5.41, 5.74) is 0. The molecule has 0 N–H and O–H groups in total. The molecule has 0 aliphatic rings. The van der Waals surface area contributed by atoms with Crippen molar-refractivity contribution in [1.29, 1.82) is 0 Å². The first-order chi connectivity index (χ1) is 14.0. The number of allylic oxidation sites excluding steroid dienone is 4. The maximum atomic E-state index is 11.1. The maximum absolute atomic E-state index is 11.1. The predicted molar refractivity (Wildman–Crippen MR) is 125 cm³/mol. The molecule has 0 radical (unpaired) electrons. The van der Waals surface area contributed by atoms with Gasteiger partial charge in [-0.1, -0.05) is 77.7 Å². The average molecular weight is 446 g/mol. The average Bonchev–Trinajstić information content (AvgIpc) is 2.69. The van der Waals surface area contributed by atoms with E-state index in [-0.39, 0.29) is 57.9 Å². The summed E-state index contributed by atoms with van der Waals surface area (Å²) in [7, 11) is 0. The zero-order valence-electron chi connectivity index (χ0n) is 20.8. The van der Waals surface area contributed by atoms with Crippen LogP contribution in [0.2, 0.25) is 0 Å². The van der Waals surface area contributed by atoms with Gasteiger partial charge in [-0.05, 0) is 76.3 Å². The first kappa shape index (κ1) is 32.7. The second-order valence-electron chi connectivity index (χ2n) is 8.76. The molecule has 0 spiro atoms. The van der Waals surface area contributed by atoms with Crippen molar-refractivity contribution in [2.24, 2.45) is 11.8 Å². The summed E-state index contributed by atoms with van der Waals surface area (Å²) in [6.07, 6.45) is 23.4. The molecule has 0 bridgehead atoms. The zero-order valence-corrected chi connectivity index (χ0v) is 24.0. The molecule has 2 unspecified atom stereocenters. The van der Waals surface area contributed by atoms with Crippen LogP contribution in [0.1, 0.15) is 105 Å². The van der Waals surface area contributed by atoms with Gasteiger partial charge in [-0.3, -0.25) is 4.90 Å². The fourth-order valence-electron chi connectivity index (χ4n) is 3.63. The number of nitrogens with zero attached hydrogens (tertiary/aromatic N) is 1. The van der Waals surface area contributed by atoms with E-state index in [9.17, 15) is 9.90 Å². The predicted octanol–water partition coefficient (Wildman–Crippen LogP) is 3.15. The molecule has 0 aromatic heterocycles. The molecule has 0 fully saturated rings. The Kier molecular flexibility index (Phi) is 26.4. The van der Waals surface area contributed by atoms with Crippen LogP contribution in [-0.2, 0) is 4.79 Å². The zero-order chi connectivity index (χ0) is 21.7. The van der Waals surface area contributed by atoms with E-state index in [1.54, 1.807) is 0 Å². The van der Waals surface area contributed by atoms with Gasteiger partial charge in [0.25, 0.3) is 0 Å². The topological polar surface area (TPSA) is 43.4 Å². The summed E-state index contributed by atoms with van der Waals surface area (Å²) in [6, 6.07) is 0. The van der Waals surface area contributed by atoms with Crippen LogP contribution in [0.4, 0.5) is 0 Å². The van der Waals surface area contributed by atoms with Crippen molar-refractivity contribution >= 4 is 5.97 Å². The summed E-state index contributed by atoms with van der Waals surface area (Å²) in [5.74, 6) is 0.363. The van der Waals surface area contributed by atoms with Gasteiger partial charge in [0.15, 0.2) is 0 Å². The fraction of sp³-hybridized carbons (Fsp3) is 0.808. The molecule has 3 nitrogen and oxygen atoms in total. The molecule has 0 saturated heterocycles. The molecule has 0 aliphatic carbocycles. The monoisotopic (exact) mass is 445 g/mol. The smallest absolute Gasteiger partial charge is 0.549 e. The Morgan fingerprint density at radius 2 is 1.20 bits per heavy atom. The summed E-state index contributed by atoms with van der Waals surface area (Å²) in [6.45, 7) is 10.8. The molecule has 2 atom stereocenters. The number of carboxylic acid groups (broad SMARTS) is 1. The molecule has 0 aromatic carbocycles. The molecule has 0 rings (SSSR count). The van der Waals surface area contributed by atoms with Gasteiger partial charge in [0.05, 0.1) is 5.97 Å². The molecule has 30 heavy (non-hydrogen) atoms. The standard InChI is InChI=1S/C26H49NO2.K/c1-5-7-9-11-13-15-17-24(3)19-21-27(23-26(28)29)22-20-25(4)18-16-14-12-10-8-6-2;/h7-10,24-25H,5-6,11-23H2,1-4H3,(H,28,29);/q;+1/p-1/b9-7+,10-8+;. The van der Waals surface area contributed by atoms with Crippen molar-refractivity contribution < 1.29 is 61.3 Å². The second kappa shape index (κ2) is 24.2. The summed E-state index contributed by atoms with van der Waals surface area (Å²) in [4.78, 5) is 13.2. The van der Waals surface area contributed by atoms with Crippen molar-refractivity contribution in [1.82, 2.24) is 4.90 Å². The van der Waals surface area contributed by atoms with E-state index in [0.717, 1.165) is 38.8 Å². The van der Waals surface area contributed by atoms with Crippen LogP contribution >= 0.6 is 0 Å². The molecular formula is C26H48KNO2. The molecule has 0 heterocycles. The van der Waals surface area contributed by atoms with E-state index in [4.69, 9.17) is 0 Å². The molecule has 0 aliphatic heterocycles. The van der Waals surface area contributed by atoms with Crippen molar-refractivity contribution in [3.05, 3.63) is 24.3 Å². The third-order valence-electron chi connectivity index (χ3n) is 5.67. The Morgan fingerprint density at radius 3 is 1.57 bits per heavy atom. The normalized spacial score (nSPS) is 13.8. The third kappa shape index (κ3) is 23.2. The number of unbranched alkanes of at least 4 members (excludes halogenated alkanes) is 4. The Balaban J connectivity index is 0. The Morgan fingerprint density at radius 1 is 0.767 bits per heavy atom. The Labute approximate surface area is 230 Å². The summed E-state index contributed by atoms with van der Waals surface area (Å²) in [5, 5.41) is 11.1. The van der Waals surface area contributed by atoms with Crippen molar-refractivity contribution in [2.45, 2.75) is 105 Å². The van der Waals surface area contributed by atoms with Crippen LogP contribution in [0.15, 0.2) is 24.3 Å². The largest absolute Gasteiger partial charge is 1.00 e. The second-order valence-corrected chi connectivity index (χ2v) is 8.76. The van der Waals surface area contributed by atoms with Crippen LogP contribution in [0, 0.1) is 11.8 Å². The molecular weight excluding hydrogens is 397 g/mol. The number of aliphatic carboxylic acids is 1. The van der Waals surface area contributed by atoms with Gasteiger partial charge in [-0.15, -0.1) is 0 Å². The van der Waals surface area contributed by atoms with Gasteiger partial charge < -0.3 is 9.90 Å². The SMILES string of the molecule is CC/C=C/CCCCC(C)CCN(CCC(C)CCCC/C=C/CC)CC(=O)[O-].[K+]. The molecule has 0 saturated carbocycles. The molecule has 0 amide bonds. The number of carboxylic acids is 1. The van der Waals surface area contributed by atoms with Crippen molar-refractivity contribution in [2.75, 3.05) is 19.6 Å². The number of hydrogen-bond acceptors (Lipinski definition) is 3. The van der Waals surface area contributed by atoms with E-state index in [1.807, 2.05) is 0 Å². The maximum Gasteiger partial charge on any atom is 1.00 e. The van der Waals surface area contributed by atoms with E-state index in [1.165, 1.54) is 51.4 Å². The van der Waals surface area contributed by atoms with Crippen LogP contribution < -0.4 is 56.5 Å². The summed E-state index contributed by atoms with van der Waals surface area (Å²) < 4.78 is 0. The minimum atomic E-state index is -0.948. The van der Waals surface area contributed by atoms with E-state index < -0.39 is 5.97 Å². The number of hydrogen-bond donors (Lipinski definition) is 0. The van der Waals surface area contributed by atoms with Gasteiger partial charge >= 0.3 is 51.4 Å². The first-order valence-electron chi connectivity index (χ1n) is 12.2. The van der Waals surface area contributed by atoms with Crippen molar-refractivity contribution in [3.63, 3.8) is 0 Å². The molecule has 170 valence electrons. The van der Waals surface area contributed by atoms with Crippen LogP contribution in [0.3, 0.4) is 0 Å². The third-order valence-corrected chi connectivity index (χ3v) is 5.67. The van der Waals surface area contributed by atoms with E-state index in [2.05, 4.69) is 56.9 Å². The van der Waals surface area contributed by atoms with Gasteiger partial charge in [0.1, 0.15) is 0 Å². The Bertz CT molecular complexity index is 405. The van der Waals surface area contributed by atoms with E-state index >= 15 is 0 Å². The van der Waals surface area contributed by atoms with Gasteiger partial charge in [0.2, 0.25) is 0 Å². The quantitative estimate of drug-likeness (QED) is 0.164. The molecule has 4 heteroatoms. The fourth-order valence-corrected chi connectivity index (χ4v) is 3.63. The Hall–Kier alpha value is 0.546. The number of rotatable bonds is 20. The summed E-state index contributed by atoms with van der Waals surface area (Å²) >= 11 is 0. The van der Waals surface area contributed by atoms with Crippen LogP contribution in [0.25, 0.3) is 0 Å². The number of carbonyl (C=O) groups is 1. The number of carbonyl (C=O) groups excluding carboxylic acids is 1. The minimum Gasteiger partial charge on any atom is -0.549 e. The van der Waals surface area contributed by atoms with Gasteiger partial charge in [-0.2, -0.15) is 0 Å². The first-order valence-corrected chi connectivity index (χ1v) is 12.2. The minimum absolute atomic E-state index is 0. The van der Waals surface area contributed by atoms with Crippen LogP contribution in [0.5, 0.6) is 0 Å². The van der Waals surface area contributed by atoms with Gasteiger partial charge in [-0.25, -0.2) is 0 Å². The molecule has 0 aromatic rings. The van der Waals surface area contributed by atoms with E-state index in [0.29, 0.717) is 11.8 Å². The van der Waals surface area contributed by atoms with Gasteiger partial charge in [0, 0.05) is 6.54 Å².